The molecule has 4 saturated carbocycles. The Labute approximate surface area is 179 Å². The largest absolute Gasteiger partial charge is 0.388 e. The fourth-order valence-electron chi connectivity index (χ4n) is 8.10. The smallest absolute Gasteiger partial charge is 0.0809 e. The molecule has 7 atom stereocenters. The van der Waals surface area contributed by atoms with Crippen molar-refractivity contribution in [3.8, 4) is 0 Å². The van der Waals surface area contributed by atoms with Gasteiger partial charge in [0, 0.05) is 9.89 Å². The molecule has 2 heteroatoms. The van der Waals surface area contributed by atoms with E-state index in [1.165, 1.54) is 62.5 Å². The highest BCUT2D eigenvalue weighted by Gasteiger charge is 2.60. The summed E-state index contributed by atoms with van der Waals surface area (Å²) in [6, 6.07) is 8.49. The molecule has 0 spiro atoms. The van der Waals surface area contributed by atoms with Crippen LogP contribution in [-0.2, 0) is 0 Å². The first-order chi connectivity index (χ1) is 13.4. The van der Waals surface area contributed by atoms with Gasteiger partial charge in [-0.3, -0.25) is 0 Å². The number of hydrogen-bond acceptors (Lipinski definition) is 1. The summed E-state index contributed by atoms with van der Waals surface area (Å²) >= 11 is 3.59. The highest BCUT2D eigenvalue weighted by atomic mass is 79.9. The molecule has 1 aromatic carbocycles. The topological polar surface area (TPSA) is 20.2 Å². The maximum atomic E-state index is 11.4. The fraction of sp³-hybridized carbons (Fsp3) is 0.692. The van der Waals surface area contributed by atoms with Gasteiger partial charge in [0.25, 0.3) is 0 Å². The van der Waals surface area contributed by atoms with E-state index >= 15 is 0 Å². The average Bonchev–Trinajstić information content (AvgIpc) is 2.92. The molecule has 4 aliphatic carbocycles. The van der Waals surface area contributed by atoms with Crippen LogP contribution in [0.1, 0.15) is 77.2 Å². The molecule has 152 valence electrons. The SMILES string of the molecule is C[C@]12CCCC[C@@H]1CC[C@H]1[C@H]2CC[C@]2(C)[C@H](O)/C(=C\c3cccc(Br)c3)C[C@H]12. The van der Waals surface area contributed by atoms with Gasteiger partial charge in [-0.25, -0.2) is 0 Å². The maximum absolute atomic E-state index is 11.4. The Morgan fingerprint density at radius 3 is 2.68 bits per heavy atom. The summed E-state index contributed by atoms with van der Waals surface area (Å²) < 4.78 is 1.11. The predicted molar refractivity (Wildman–Crippen MR) is 120 cm³/mol. The molecule has 0 radical (unpaired) electrons. The van der Waals surface area contributed by atoms with Crippen molar-refractivity contribution < 1.29 is 5.11 Å². The van der Waals surface area contributed by atoms with Gasteiger partial charge in [0.15, 0.2) is 0 Å². The van der Waals surface area contributed by atoms with E-state index in [0.29, 0.717) is 11.3 Å². The van der Waals surface area contributed by atoms with Crippen molar-refractivity contribution in [2.24, 2.45) is 34.5 Å². The summed E-state index contributed by atoms with van der Waals surface area (Å²) in [5.74, 6) is 3.34. The van der Waals surface area contributed by atoms with Gasteiger partial charge in [0.2, 0.25) is 0 Å². The molecule has 1 N–H and O–H groups in total. The molecule has 0 amide bonds. The Balaban J connectivity index is 1.46. The first-order valence-electron chi connectivity index (χ1n) is 11.6. The Kier molecular flexibility index (Phi) is 4.83. The third-order valence-corrected chi connectivity index (χ3v) is 10.1. The van der Waals surface area contributed by atoms with Crippen LogP contribution in [0.15, 0.2) is 34.3 Å². The van der Waals surface area contributed by atoms with Crippen molar-refractivity contribution in [3.63, 3.8) is 0 Å². The lowest BCUT2D eigenvalue weighted by Gasteiger charge is -2.60. The Morgan fingerprint density at radius 2 is 1.86 bits per heavy atom. The second-order valence-corrected chi connectivity index (χ2v) is 11.7. The summed E-state index contributed by atoms with van der Waals surface area (Å²) in [4.78, 5) is 0. The molecule has 1 nitrogen and oxygen atoms in total. The maximum Gasteiger partial charge on any atom is 0.0809 e. The second kappa shape index (κ2) is 6.98. The number of rotatable bonds is 1. The van der Waals surface area contributed by atoms with E-state index in [1.54, 1.807) is 0 Å². The van der Waals surface area contributed by atoms with Gasteiger partial charge in [-0.05, 0) is 97.3 Å². The van der Waals surface area contributed by atoms with E-state index in [9.17, 15) is 5.11 Å². The van der Waals surface area contributed by atoms with Crippen LogP contribution in [0.4, 0.5) is 0 Å². The number of aliphatic hydroxyl groups excluding tert-OH is 1. The molecule has 28 heavy (non-hydrogen) atoms. The first-order valence-corrected chi connectivity index (χ1v) is 12.4. The van der Waals surface area contributed by atoms with Crippen LogP contribution in [0.2, 0.25) is 0 Å². The van der Waals surface area contributed by atoms with E-state index in [1.807, 2.05) is 0 Å². The van der Waals surface area contributed by atoms with Crippen molar-refractivity contribution in [1.82, 2.24) is 0 Å². The highest BCUT2D eigenvalue weighted by molar-refractivity contribution is 9.10. The minimum atomic E-state index is -0.269. The van der Waals surface area contributed by atoms with Crippen molar-refractivity contribution in [1.29, 1.82) is 0 Å². The van der Waals surface area contributed by atoms with Crippen LogP contribution >= 0.6 is 15.9 Å². The zero-order chi connectivity index (χ0) is 19.5. The summed E-state index contributed by atoms with van der Waals surface area (Å²) in [5.41, 5.74) is 3.15. The summed E-state index contributed by atoms with van der Waals surface area (Å²) in [6.07, 6.45) is 14.3. The number of halogens is 1. The van der Waals surface area contributed by atoms with E-state index < -0.39 is 0 Å². The van der Waals surface area contributed by atoms with Crippen molar-refractivity contribution >= 4 is 22.0 Å². The number of fused-ring (bicyclic) bond motifs is 5. The molecule has 4 fully saturated rings. The van der Waals surface area contributed by atoms with Gasteiger partial charge < -0.3 is 5.11 Å². The van der Waals surface area contributed by atoms with Gasteiger partial charge in [-0.2, -0.15) is 0 Å². The Hall–Kier alpha value is -0.600. The lowest BCUT2D eigenvalue weighted by Crippen LogP contribution is -2.53. The molecule has 0 heterocycles. The molecule has 1 aromatic rings. The molecule has 0 bridgehead atoms. The van der Waals surface area contributed by atoms with Crippen LogP contribution in [0.5, 0.6) is 0 Å². The van der Waals surface area contributed by atoms with Gasteiger partial charge in [0.1, 0.15) is 0 Å². The number of benzene rings is 1. The summed E-state index contributed by atoms with van der Waals surface area (Å²) in [7, 11) is 0. The fourth-order valence-corrected chi connectivity index (χ4v) is 8.52. The number of aliphatic hydroxyl groups is 1. The Morgan fingerprint density at radius 1 is 1.00 bits per heavy atom. The molecular weight excluding hydrogens is 408 g/mol. The normalized spacial score (nSPS) is 46.7. The van der Waals surface area contributed by atoms with Crippen molar-refractivity contribution in [2.75, 3.05) is 0 Å². The third kappa shape index (κ3) is 2.88. The zero-order valence-corrected chi connectivity index (χ0v) is 19.0. The van der Waals surface area contributed by atoms with Crippen molar-refractivity contribution in [3.05, 3.63) is 39.9 Å². The minimum absolute atomic E-state index is 0.0802. The molecule has 0 aromatic heterocycles. The van der Waals surface area contributed by atoms with Crippen molar-refractivity contribution in [2.45, 2.75) is 77.7 Å². The lowest BCUT2D eigenvalue weighted by molar-refractivity contribution is -0.119. The Bertz CT molecular complexity index is 784. The van der Waals surface area contributed by atoms with E-state index in [-0.39, 0.29) is 11.5 Å². The predicted octanol–water partition coefficient (Wildman–Crippen LogP) is 7.24. The minimum Gasteiger partial charge on any atom is -0.388 e. The molecule has 0 aliphatic heterocycles. The molecular formula is C26H35BrO. The quantitative estimate of drug-likeness (QED) is 0.485. The number of hydrogen-bond donors (Lipinski definition) is 1. The van der Waals surface area contributed by atoms with Crippen LogP contribution < -0.4 is 0 Å². The van der Waals surface area contributed by atoms with Crippen LogP contribution in [-0.4, -0.2) is 11.2 Å². The monoisotopic (exact) mass is 442 g/mol. The van der Waals surface area contributed by atoms with Crippen LogP contribution in [0.25, 0.3) is 6.08 Å². The summed E-state index contributed by atoms with van der Waals surface area (Å²) in [6.45, 7) is 5.04. The second-order valence-electron chi connectivity index (χ2n) is 10.8. The highest BCUT2D eigenvalue weighted by Crippen LogP contribution is 2.67. The zero-order valence-electron chi connectivity index (χ0n) is 17.5. The first kappa shape index (κ1) is 19.4. The summed E-state index contributed by atoms with van der Waals surface area (Å²) in [5, 5.41) is 11.4. The standard InChI is InChI=1S/C26H35BrO/c1-25-12-4-3-7-19(25)9-10-21-22(25)11-13-26(2)23(21)16-18(24(26)28)14-17-6-5-8-20(27)15-17/h5-6,8,14-15,19,21-24,28H,3-4,7,9-13,16H2,1-2H3/b18-14-/t19-,21+,22-,23-,24-,25+,26+/m1/s1. The van der Waals surface area contributed by atoms with E-state index in [2.05, 4.69) is 60.1 Å². The van der Waals surface area contributed by atoms with Gasteiger partial charge in [0.05, 0.1) is 6.10 Å². The van der Waals surface area contributed by atoms with Gasteiger partial charge in [-0.15, -0.1) is 0 Å². The van der Waals surface area contributed by atoms with E-state index in [0.717, 1.165) is 28.6 Å². The molecule has 0 unspecified atom stereocenters. The average molecular weight is 443 g/mol. The molecule has 5 rings (SSSR count). The lowest BCUT2D eigenvalue weighted by atomic mass is 9.45. The van der Waals surface area contributed by atoms with Gasteiger partial charge >= 0.3 is 0 Å². The van der Waals surface area contributed by atoms with Crippen LogP contribution in [0.3, 0.4) is 0 Å². The van der Waals surface area contributed by atoms with Gasteiger partial charge in [-0.1, -0.05) is 60.8 Å². The van der Waals surface area contributed by atoms with E-state index in [4.69, 9.17) is 0 Å². The van der Waals surface area contributed by atoms with Crippen LogP contribution in [0, 0.1) is 34.5 Å². The molecule has 4 aliphatic rings. The molecule has 0 saturated heterocycles. The third-order valence-electron chi connectivity index (χ3n) is 9.65.